The number of hydrogen-bond donors (Lipinski definition) is 2. The van der Waals surface area contributed by atoms with Crippen molar-refractivity contribution < 1.29 is 13.2 Å². The quantitative estimate of drug-likeness (QED) is 0.249. The maximum atomic E-state index is 14.1. The molecule has 0 radical (unpaired) electrons. The van der Waals surface area contributed by atoms with E-state index in [4.69, 9.17) is 15.6 Å². The van der Waals surface area contributed by atoms with Gasteiger partial charge in [-0.25, -0.2) is 23.1 Å². The van der Waals surface area contributed by atoms with Crippen molar-refractivity contribution in [3.05, 3.63) is 81.8 Å². The summed E-state index contributed by atoms with van der Waals surface area (Å²) in [6.07, 6.45) is 2.44. The zero-order valence-corrected chi connectivity index (χ0v) is 26.5. The number of thiazole rings is 1. The van der Waals surface area contributed by atoms with Gasteiger partial charge in [0.15, 0.2) is 5.65 Å². The van der Waals surface area contributed by atoms with Crippen LogP contribution >= 0.6 is 20.6 Å². The Bertz CT molecular complexity index is 2220. The Morgan fingerprint density at radius 2 is 1.91 bits per heavy atom. The third kappa shape index (κ3) is 5.13. The minimum atomic E-state index is -3.60. The molecule has 0 aliphatic rings. The van der Waals surface area contributed by atoms with Gasteiger partial charge in [-0.3, -0.25) is 13.9 Å². The summed E-state index contributed by atoms with van der Waals surface area (Å²) in [5, 5.41) is 8.38. The van der Waals surface area contributed by atoms with E-state index in [0.29, 0.717) is 33.6 Å². The number of methoxy groups -OCH3 is 1. The Morgan fingerprint density at radius 3 is 2.63 bits per heavy atom. The summed E-state index contributed by atoms with van der Waals surface area (Å²) in [4.78, 5) is 23.6. The normalized spacial score (nSPS) is 12.6. The number of nitrogens with one attached hydrogen (secondary N) is 1. The van der Waals surface area contributed by atoms with Gasteiger partial charge in [0.25, 0.3) is 5.56 Å². The molecule has 220 valence electrons. The zero-order valence-electron chi connectivity index (χ0n) is 23.7. The maximum absolute atomic E-state index is 14.1. The van der Waals surface area contributed by atoms with Gasteiger partial charge in [0.05, 0.1) is 36.0 Å². The van der Waals surface area contributed by atoms with Gasteiger partial charge in [0.2, 0.25) is 10.0 Å². The van der Waals surface area contributed by atoms with Crippen LogP contribution in [0.4, 0.5) is 11.5 Å². The van der Waals surface area contributed by atoms with Crippen molar-refractivity contribution in [3.63, 3.8) is 0 Å². The van der Waals surface area contributed by atoms with Crippen LogP contribution < -0.4 is 26.1 Å². The smallest absolute Gasteiger partial charge is 0.264 e. The predicted molar refractivity (Wildman–Crippen MR) is 175 cm³/mol. The Kier molecular flexibility index (Phi) is 7.19. The van der Waals surface area contributed by atoms with Crippen LogP contribution in [0.25, 0.3) is 38.2 Å². The molecular formula is C29H28N7O4PS2. The Balaban J connectivity index is 1.60. The first kappa shape index (κ1) is 28.8. The fourth-order valence-electron chi connectivity index (χ4n) is 5.27. The number of anilines is 2. The van der Waals surface area contributed by atoms with Crippen molar-refractivity contribution in [1.29, 1.82) is 0 Å². The van der Waals surface area contributed by atoms with Crippen molar-refractivity contribution in [2.45, 2.75) is 19.9 Å². The van der Waals surface area contributed by atoms with Crippen LogP contribution in [0.5, 0.6) is 5.75 Å². The monoisotopic (exact) mass is 633 g/mol. The molecule has 4 aromatic heterocycles. The largest absolute Gasteiger partial charge is 0.495 e. The molecule has 11 nitrogen and oxygen atoms in total. The molecule has 0 amide bonds. The zero-order chi connectivity index (χ0) is 30.6. The van der Waals surface area contributed by atoms with E-state index in [0.717, 1.165) is 33.2 Å². The first-order valence-corrected chi connectivity index (χ1v) is 16.5. The number of aryl methyl sites for hydroxylation is 1. The molecule has 2 aromatic carbocycles. The lowest BCUT2D eigenvalue weighted by Crippen LogP contribution is -2.21. The number of aromatic nitrogens is 5. The van der Waals surface area contributed by atoms with E-state index in [1.54, 1.807) is 27.3 Å². The van der Waals surface area contributed by atoms with Crippen LogP contribution in [0.3, 0.4) is 0 Å². The van der Waals surface area contributed by atoms with Gasteiger partial charge in [0, 0.05) is 16.6 Å². The van der Waals surface area contributed by atoms with Crippen molar-refractivity contribution in [2.24, 2.45) is 0 Å². The molecule has 0 fully saturated rings. The van der Waals surface area contributed by atoms with Crippen molar-refractivity contribution >= 4 is 63.3 Å². The van der Waals surface area contributed by atoms with E-state index in [9.17, 15) is 13.2 Å². The van der Waals surface area contributed by atoms with E-state index >= 15 is 0 Å². The van der Waals surface area contributed by atoms with Crippen LogP contribution in [0.2, 0.25) is 0 Å². The molecule has 0 aliphatic heterocycles. The lowest BCUT2D eigenvalue weighted by Gasteiger charge is -2.18. The van der Waals surface area contributed by atoms with E-state index in [2.05, 4.69) is 23.9 Å². The van der Waals surface area contributed by atoms with Crippen LogP contribution in [-0.4, -0.2) is 45.9 Å². The third-order valence-electron chi connectivity index (χ3n) is 7.19. The topological polar surface area (TPSA) is 146 Å². The van der Waals surface area contributed by atoms with Crippen molar-refractivity contribution in [3.8, 4) is 28.1 Å². The summed E-state index contributed by atoms with van der Waals surface area (Å²) in [5.41, 5.74) is 11.0. The number of nitrogens with zero attached hydrogens (tertiary/aromatic N) is 5. The molecule has 0 saturated heterocycles. The van der Waals surface area contributed by atoms with Gasteiger partial charge < -0.3 is 10.5 Å². The summed E-state index contributed by atoms with van der Waals surface area (Å²) in [7, 11) is 0.545. The van der Waals surface area contributed by atoms with Crippen LogP contribution in [0, 0.1) is 6.92 Å². The molecule has 14 heteroatoms. The summed E-state index contributed by atoms with van der Waals surface area (Å²) in [6.45, 7) is 3.87. The second-order valence-electron chi connectivity index (χ2n) is 10.2. The number of sulfonamides is 1. The molecule has 1 unspecified atom stereocenters. The lowest BCUT2D eigenvalue weighted by atomic mass is 9.97. The molecule has 0 aliphatic carbocycles. The van der Waals surface area contributed by atoms with E-state index in [1.807, 2.05) is 49.6 Å². The number of rotatable bonds is 7. The molecule has 2 atom stereocenters. The minimum absolute atomic E-state index is 0.119. The minimum Gasteiger partial charge on any atom is -0.495 e. The SMILES string of the molecule is COc1ccc(-c2nn([C@@H](C)c3cc4scc(C)n4c(=O)c3-c3cccc(P)c3)c3ncnc(N)c23)cc1NS(C)(=O)=O. The first-order valence-electron chi connectivity index (χ1n) is 13.1. The fraction of sp³-hybridized carbons (Fsp3) is 0.172. The number of fused-ring (bicyclic) bond motifs is 2. The molecule has 43 heavy (non-hydrogen) atoms. The maximum Gasteiger partial charge on any atom is 0.264 e. The number of pyridine rings is 1. The molecule has 6 aromatic rings. The Labute approximate surface area is 253 Å². The number of nitrogens with two attached hydrogens (primary N) is 1. The summed E-state index contributed by atoms with van der Waals surface area (Å²) in [5.74, 6) is 0.559. The highest BCUT2D eigenvalue weighted by Crippen LogP contribution is 2.38. The molecule has 0 bridgehead atoms. The highest BCUT2D eigenvalue weighted by atomic mass is 32.2. The molecule has 6 rings (SSSR count). The number of hydrogen-bond acceptors (Lipinski definition) is 9. The highest BCUT2D eigenvalue weighted by Gasteiger charge is 2.26. The molecule has 0 spiro atoms. The summed E-state index contributed by atoms with van der Waals surface area (Å²) >= 11 is 1.50. The summed E-state index contributed by atoms with van der Waals surface area (Å²) in [6, 6.07) is 14.4. The molecule has 0 saturated carbocycles. The predicted octanol–water partition coefficient (Wildman–Crippen LogP) is 4.22. The Hall–Kier alpha value is -4.32. The van der Waals surface area contributed by atoms with E-state index < -0.39 is 16.1 Å². The van der Waals surface area contributed by atoms with Gasteiger partial charge in [0.1, 0.15) is 28.4 Å². The number of nitrogen functional groups attached to an aromatic ring is 1. The van der Waals surface area contributed by atoms with Crippen LogP contribution in [0.15, 0.2) is 65.0 Å². The highest BCUT2D eigenvalue weighted by molar-refractivity contribution is 7.92. The fourth-order valence-corrected chi connectivity index (χ4v) is 7.05. The van der Waals surface area contributed by atoms with Gasteiger partial charge in [-0.1, -0.05) is 18.2 Å². The molecule has 4 heterocycles. The van der Waals surface area contributed by atoms with Gasteiger partial charge in [-0.15, -0.1) is 20.6 Å². The molecule has 3 N–H and O–H groups in total. The second kappa shape index (κ2) is 10.7. The second-order valence-corrected chi connectivity index (χ2v) is 13.5. The number of ether oxygens (including phenoxy) is 1. The summed E-state index contributed by atoms with van der Waals surface area (Å²) < 4.78 is 35.5. The third-order valence-corrected chi connectivity index (χ3v) is 9.14. The average molecular weight is 634 g/mol. The van der Waals surface area contributed by atoms with E-state index in [1.165, 1.54) is 24.8 Å². The first-order chi connectivity index (χ1) is 20.5. The number of benzene rings is 2. The standard InChI is InChI=1S/C29H28N7O4PS2/c1-15-13-42-23-12-20(24(29(37)35(15)23)17-6-5-7-19(41)10-17)16(2)36-28-25(27(30)31-14-32-28)26(33-36)18-8-9-22(40-3)21(11-18)34-43(4,38)39/h5-14,16,34H,41H2,1-4H3,(H2,30,31,32)/t16-/m0/s1. The lowest BCUT2D eigenvalue weighted by molar-refractivity contribution is 0.417. The van der Waals surface area contributed by atoms with Crippen molar-refractivity contribution in [2.75, 3.05) is 23.8 Å². The van der Waals surface area contributed by atoms with Gasteiger partial charge in [-0.2, -0.15) is 5.10 Å². The van der Waals surface area contributed by atoms with Gasteiger partial charge >= 0.3 is 0 Å². The van der Waals surface area contributed by atoms with Gasteiger partial charge in [-0.05, 0) is 60.6 Å². The Morgan fingerprint density at radius 1 is 1.12 bits per heavy atom. The average Bonchev–Trinajstić information content (AvgIpc) is 3.53. The van der Waals surface area contributed by atoms with E-state index in [-0.39, 0.29) is 17.1 Å². The van der Waals surface area contributed by atoms with Crippen LogP contribution in [-0.2, 0) is 10.0 Å². The van der Waals surface area contributed by atoms with Crippen molar-refractivity contribution in [1.82, 2.24) is 24.1 Å². The molecular weight excluding hydrogens is 605 g/mol. The van der Waals surface area contributed by atoms with Crippen LogP contribution in [0.1, 0.15) is 24.2 Å².